The van der Waals surface area contributed by atoms with E-state index in [1.165, 1.54) is 12.1 Å². The highest BCUT2D eigenvalue weighted by Gasteiger charge is 2.13. The Labute approximate surface area is 110 Å². The minimum Gasteiger partial charge on any atom is -0.370 e. The Balaban J connectivity index is 2.41. The maximum absolute atomic E-state index is 10.9. The van der Waals surface area contributed by atoms with Crippen LogP contribution in [0.2, 0.25) is 0 Å². The monoisotopic (exact) mass is 261 g/mol. The molecule has 0 saturated carbocycles. The van der Waals surface area contributed by atoms with Gasteiger partial charge in [0.25, 0.3) is 5.69 Å². The highest BCUT2D eigenvalue weighted by Crippen LogP contribution is 2.24. The summed E-state index contributed by atoms with van der Waals surface area (Å²) in [5, 5.41) is 18.1. The zero-order valence-electron chi connectivity index (χ0n) is 10.8. The van der Waals surface area contributed by atoms with Crippen molar-refractivity contribution < 1.29 is 4.92 Å². The molecule has 2 rings (SSSR count). The predicted octanol–water partition coefficient (Wildman–Crippen LogP) is 2.21. The molecule has 0 unspecified atom stereocenters. The normalized spacial score (nSPS) is 10.4. The summed E-state index contributed by atoms with van der Waals surface area (Å²) < 4.78 is 1.63. The van der Waals surface area contributed by atoms with E-state index in [-0.39, 0.29) is 5.69 Å². The van der Waals surface area contributed by atoms with E-state index in [0.29, 0.717) is 11.5 Å². The summed E-state index contributed by atoms with van der Waals surface area (Å²) in [7, 11) is 1.79. The van der Waals surface area contributed by atoms with Gasteiger partial charge in [-0.05, 0) is 6.42 Å². The van der Waals surface area contributed by atoms with Gasteiger partial charge in [-0.1, -0.05) is 6.92 Å². The number of rotatable bonds is 5. The zero-order chi connectivity index (χ0) is 13.8. The first-order chi connectivity index (χ1) is 9.10. The van der Waals surface area contributed by atoms with Crippen LogP contribution in [0.1, 0.15) is 13.3 Å². The van der Waals surface area contributed by atoms with Crippen molar-refractivity contribution in [2.24, 2.45) is 7.05 Å². The van der Waals surface area contributed by atoms with Gasteiger partial charge in [-0.15, -0.1) is 0 Å². The maximum atomic E-state index is 10.9. The lowest BCUT2D eigenvalue weighted by Gasteiger charge is -2.05. The van der Waals surface area contributed by atoms with Gasteiger partial charge in [-0.2, -0.15) is 5.10 Å². The summed E-state index contributed by atoms with van der Waals surface area (Å²) in [5.74, 6) is 0.509. The molecule has 100 valence electrons. The molecule has 0 aromatic carbocycles. The van der Waals surface area contributed by atoms with Crippen LogP contribution in [-0.2, 0) is 7.05 Å². The molecule has 0 saturated heterocycles. The van der Waals surface area contributed by atoms with Gasteiger partial charge >= 0.3 is 0 Å². The summed E-state index contributed by atoms with van der Waals surface area (Å²) in [6.07, 6.45) is 4.33. The first-order valence-corrected chi connectivity index (χ1v) is 5.99. The largest absolute Gasteiger partial charge is 0.370 e. The van der Waals surface area contributed by atoms with Gasteiger partial charge in [0.15, 0.2) is 0 Å². The fourth-order valence-electron chi connectivity index (χ4n) is 1.67. The molecule has 1 N–H and O–H groups in total. The Morgan fingerprint density at radius 2 is 2.26 bits per heavy atom. The van der Waals surface area contributed by atoms with Gasteiger partial charge in [0, 0.05) is 31.4 Å². The van der Waals surface area contributed by atoms with Gasteiger partial charge in [-0.3, -0.25) is 14.8 Å². The Morgan fingerprint density at radius 1 is 1.47 bits per heavy atom. The third kappa shape index (κ3) is 3.06. The van der Waals surface area contributed by atoms with E-state index in [1.54, 1.807) is 24.1 Å². The molecular formula is C12H15N5O2. The molecule has 7 nitrogen and oxygen atoms in total. The number of hydrogen-bond donors (Lipinski definition) is 1. The molecule has 0 atom stereocenters. The van der Waals surface area contributed by atoms with Crippen molar-refractivity contribution in [1.29, 1.82) is 0 Å². The minimum atomic E-state index is -0.418. The van der Waals surface area contributed by atoms with Crippen LogP contribution in [-0.4, -0.2) is 26.2 Å². The fraction of sp³-hybridized carbons (Fsp3) is 0.333. The summed E-state index contributed by atoms with van der Waals surface area (Å²) in [6.45, 7) is 2.74. The SMILES string of the molecule is CCCNc1cc([N+](=O)[O-])cc(-c2cnn(C)c2)n1. The van der Waals surface area contributed by atoms with E-state index in [0.717, 1.165) is 18.5 Å². The molecule has 0 amide bonds. The van der Waals surface area contributed by atoms with E-state index in [1.807, 2.05) is 6.92 Å². The maximum Gasteiger partial charge on any atom is 0.275 e. The van der Waals surface area contributed by atoms with Crippen LogP contribution in [0.5, 0.6) is 0 Å². The summed E-state index contributed by atoms with van der Waals surface area (Å²) in [5.41, 5.74) is 1.32. The molecule has 0 fully saturated rings. The smallest absolute Gasteiger partial charge is 0.275 e. The standard InChI is InChI=1S/C12H15N5O2/c1-3-4-13-12-6-10(17(18)19)5-11(15-12)9-7-14-16(2)8-9/h5-8H,3-4H2,1-2H3,(H,13,15). The quantitative estimate of drug-likeness (QED) is 0.658. The second-order valence-electron chi connectivity index (χ2n) is 4.18. The van der Waals surface area contributed by atoms with Crippen molar-refractivity contribution in [1.82, 2.24) is 14.8 Å². The van der Waals surface area contributed by atoms with Gasteiger partial charge in [0.2, 0.25) is 0 Å². The molecule has 0 spiro atoms. The molecule has 2 aromatic heterocycles. The molecule has 2 heterocycles. The highest BCUT2D eigenvalue weighted by atomic mass is 16.6. The van der Waals surface area contributed by atoms with Gasteiger partial charge in [0.05, 0.1) is 22.9 Å². The molecule has 0 bridgehead atoms. The number of anilines is 1. The number of nitrogens with zero attached hydrogens (tertiary/aromatic N) is 4. The zero-order valence-corrected chi connectivity index (χ0v) is 10.8. The van der Waals surface area contributed by atoms with Crippen LogP contribution in [0.3, 0.4) is 0 Å². The third-order valence-electron chi connectivity index (χ3n) is 2.58. The molecule has 7 heteroatoms. The fourth-order valence-corrected chi connectivity index (χ4v) is 1.67. The van der Waals surface area contributed by atoms with Crippen molar-refractivity contribution in [3.8, 4) is 11.3 Å². The minimum absolute atomic E-state index is 0.0208. The molecule has 0 aliphatic carbocycles. The summed E-state index contributed by atoms with van der Waals surface area (Å²) in [6, 6.07) is 2.89. The van der Waals surface area contributed by atoms with E-state index in [4.69, 9.17) is 0 Å². The van der Waals surface area contributed by atoms with Crippen LogP contribution in [0.15, 0.2) is 24.5 Å². The van der Waals surface area contributed by atoms with Crippen molar-refractivity contribution >= 4 is 11.5 Å². The van der Waals surface area contributed by atoms with E-state index in [2.05, 4.69) is 15.4 Å². The lowest BCUT2D eigenvalue weighted by Crippen LogP contribution is -2.03. The summed E-state index contributed by atoms with van der Waals surface area (Å²) in [4.78, 5) is 14.9. The number of hydrogen-bond acceptors (Lipinski definition) is 5. The molecule has 0 aliphatic heterocycles. The summed E-state index contributed by atoms with van der Waals surface area (Å²) >= 11 is 0. The van der Waals surface area contributed by atoms with Crippen molar-refractivity contribution in [2.75, 3.05) is 11.9 Å². The van der Waals surface area contributed by atoms with E-state index < -0.39 is 4.92 Å². The van der Waals surface area contributed by atoms with Gasteiger partial charge < -0.3 is 5.32 Å². The van der Waals surface area contributed by atoms with Crippen molar-refractivity contribution in [3.63, 3.8) is 0 Å². The molecule has 19 heavy (non-hydrogen) atoms. The van der Waals surface area contributed by atoms with Gasteiger partial charge in [-0.25, -0.2) is 4.98 Å². The first kappa shape index (κ1) is 13.0. The average molecular weight is 261 g/mol. The van der Waals surface area contributed by atoms with Crippen LogP contribution >= 0.6 is 0 Å². The Hall–Kier alpha value is -2.44. The molecular weight excluding hydrogens is 246 g/mol. The number of aromatic nitrogens is 3. The first-order valence-electron chi connectivity index (χ1n) is 5.99. The second kappa shape index (κ2) is 5.47. The number of nitro groups is 1. The Morgan fingerprint density at radius 3 is 2.84 bits per heavy atom. The van der Waals surface area contributed by atoms with Gasteiger partial charge in [0.1, 0.15) is 5.82 Å². The molecule has 2 aromatic rings. The number of aryl methyl sites for hydroxylation is 1. The van der Waals surface area contributed by atoms with Crippen LogP contribution < -0.4 is 5.32 Å². The lowest BCUT2D eigenvalue weighted by atomic mass is 10.2. The Kier molecular flexibility index (Phi) is 3.74. The van der Waals surface area contributed by atoms with E-state index in [9.17, 15) is 10.1 Å². The predicted molar refractivity (Wildman–Crippen MR) is 71.9 cm³/mol. The average Bonchev–Trinajstić information content (AvgIpc) is 2.82. The topological polar surface area (TPSA) is 85.9 Å². The number of nitrogens with one attached hydrogen (secondary N) is 1. The van der Waals surface area contributed by atoms with Crippen LogP contribution in [0, 0.1) is 10.1 Å². The van der Waals surface area contributed by atoms with E-state index >= 15 is 0 Å². The lowest BCUT2D eigenvalue weighted by molar-refractivity contribution is -0.384. The van der Waals surface area contributed by atoms with Crippen LogP contribution in [0.25, 0.3) is 11.3 Å². The third-order valence-corrected chi connectivity index (χ3v) is 2.58. The van der Waals surface area contributed by atoms with Crippen molar-refractivity contribution in [3.05, 3.63) is 34.6 Å². The molecule has 0 aliphatic rings. The number of pyridine rings is 1. The Bertz CT molecular complexity index is 594. The van der Waals surface area contributed by atoms with Crippen LogP contribution in [0.4, 0.5) is 11.5 Å². The van der Waals surface area contributed by atoms with Crippen molar-refractivity contribution in [2.45, 2.75) is 13.3 Å². The highest BCUT2D eigenvalue weighted by molar-refractivity contribution is 5.64. The second-order valence-corrected chi connectivity index (χ2v) is 4.18. The molecule has 0 radical (unpaired) electrons.